The van der Waals surface area contributed by atoms with Gasteiger partial charge in [0, 0.05) is 5.56 Å². The van der Waals surface area contributed by atoms with Crippen LogP contribution in [0.1, 0.15) is 10.4 Å². The second kappa shape index (κ2) is 4.67. The Kier molecular flexibility index (Phi) is 3.07. The van der Waals surface area contributed by atoms with E-state index in [0.717, 1.165) is 5.69 Å². The average molecular weight is 216 g/mol. The zero-order valence-corrected chi connectivity index (χ0v) is 8.92. The highest BCUT2D eigenvalue weighted by Crippen LogP contribution is 2.13. The lowest BCUT2D eigenvalue weighted by Crippen LogP contribution is -2.20. The van der Waals surface area contributed by atoms with Gasteiger partial charge in [0.05, 0.1) is 12.2 Å². The standard InChI is InChI=1S/C11H12N4O/c1-12-6-11(16)9-4-2-3-5-10(9)15-8-13-7-14-15/h2-5,7-8,12H,6H2,1H3. The number of para-hydroxylation sites is 1. The first-order valence-electron chi connectivity index (χ1n) is 4.94. The number of hydrogen-bond donors (Lipinski definition) is 1. The first-order chi connectivity index (χ1) is 7.83. The van der Waals surface area contributed by atoms with Crippen molar-refractivity contribution >= 4 is 5.78 Å². The van der Waals surface area contributed by atoms with E-state index in [-0.39, 0.29) is 5.78 Å². The van der Waals surface area contributed by atoms with Gasteiger partial charge in [0.25, 0.3) is 0 Å². The summed E-state index contributed by atoms with van der Waals surface area (Å²) in [5.74, 6) is 0.0357. The summed E-state index contributed by atoms with van der Waals surface area (Å²) < 4.78 is 1.59. The van der Waals surface area contributed by atoms with Gasteiger partial charge in [-0.05, 0) is 19.2 Å². The topological polar surface area (TPSA) is 59.8 Å². The van der Waals surface area contributed by atoms with Crippen molar-refractivity contribution in [1.29, 1.82) is 0 Å². The fourth-order valence-electron chi connectivity index (χ4n) is 1.50. The molecule has 1 heterocycles. The van der Waals surface area contributed by atoms with Gasteiger partial charge in [-0.2, -0.15) is 5.10 Å². The quantitative estimate of drug-likeness (QED) is 0.763. The molecule has 0 aliphatic carbocycles. The van der Waals surface area contributed by atoms with E-state index in [1.165, 1.54) is 6.33 Å². The number of ketones is 1. The lowest BCUT2D eigenvalue weighted by Gasteiger charge is -2.07. The predicted molar refractivity (Wildman–Crippen MR) is 59.6 cm³/mol. The van der Waals surface area contributed by atoms with Gasteiger partial charge in [-0.25, -0.2) is 9.67 Å². The highest BCUT2D eigenvalue weighted by molar-refractivity contribution is 6.00. The van der Waals surface area contributed by atoms with Gasteiger partial charge in [-0.1, -0.05) is 12.1 Å². The molecule has 0 atom stereocenters. The van der Waals surface area contributed by atoms with Crippen molar-refractivity contribution in [1.82, 2.24) is 20.1 Å². The maximum absolute atomic E-state index is 11.8. The van der Waals surface area contributed by atoms with Crippen LogP contribution in [0, 0.1) is 0 Å². The summed E-state index contributed by atoms with van der Waals surface area (Å²) in [7, 11) is 1.75. The van der Waals surface area contributed by atoms with Crippen LogP contribution < -0.4 is 5.32 Å². The van der Waals surface area contributed by atoms with Crippen LogP contribution in [-0.4, -0.2) is 34.1 Å². The SMILES string of the molecule is CNCC(=O)c1ccccc1-n1cncn1. The summed E-state index contributed by atoms with van der Waals surface area (Å²) in [5.41, 5.74) is 1.39. The van der Waals surface area contributed by atoms with Crippen molar-refractivity contribution in [3.63, 3.8) is 0 Å². The Morgan fingerprint density at radius 2 is 2.25 bits per heavy atom. The van der Waals surface area contributed by atoms with Gasteiger partial charge in [0.2, 0.25) is 0 Å². The maximum Gasteiger partial charge on any atom is 0.178 e. The Labute approximate surface area is 93.1 Å². The van der Waals surface area contributed by atoms with E-state index in [0.29, 0.717) is 12.1 Å². The minimum Gasteiger partial charge on any atom is -0.313 e. The highest BCUT2D eigenvalue weighted by atomic mass is 16.1. The van der Waals surface area contributed by atoms with E-state index in [1.807, 2.05) is 18.2 Å². The van der Waals surface area contributed by atoms with Gasteiger partial charge < -0.3 is 5.32 Å². The molecule has 0 amide bonds. The summed E-state index contributed by atoms with van der Waals surface area (Å²) in [6.45, 7) is 0.311. The van der Waals surface area contributed by atoms with Crippen LogP contribution in [0.15, 0.2) is 36.9 Å². The van der Waals surface area contributed by atoms with Crippen molar-refractivity contribution in [3.8, 4) is 5.69 Å². The number of Topliss-reactive ketones (excluding diaryl/α,β-unsaturated/α-hetero) is 1. The molecule has 0 bridgehead atoms. The summed E-state index contributed by atoms with van der Waals surface area (Å²) in [4.78, 5) is 15.7. The monoisotopic (exact) mass is 216 g/mol. The molecule has 0 radical (unpaired) electrons. The zero-order chi connectivity index (χ0) is 11.4. The molecule has 0 unspecified atom stereocenters. The van der Waals surface area contributed by atoms with Crippen molar-refractivity contribution in [2.75, 3.05) is 13.6 Å². The fraction of sp³-hybridized carbons (Fsp3) is 0.182. The maximum atomic E-state index is 11.8. The zero-order valence-electron chi connectivity index (χ0n) is 8.92. The van der Waals surface area contributed by atoms with Crippen LogP contribution in [0.3, 0.4) is 0 Å². The minimum absolute atomic E-state index is 0.0357. The Morgan fingerprint density at radius 3 is 2.94 bits per heavy atom. The number of benzene rings is 1. The van der Waals surface area contributed by atoms with Gasteiger partial charge >= 0.3 is 0 Å². The molecule has 0 fully saturated rings. The Bertz CT molecular complexity index is 478. The molecule has 82 valence electrons. The molecule has 0 spiro atoms. The second-order valence-electron chi connectivity index (χ2n) is 3.31. The number of rotatable bonds is 4. The number of nitrogens with one attached hydrogen (secondary N) is 1. The van der Waals surface area contributed by atoms with Crippen LogP contribution in [0.25, 0.3) is 5.69 Å². The van der Waals surface area contributed by atoms with Crippen molar-refractivity contribution < 1.29 is 4.79 Å². The summed E-state index contributed by atoms with van der Waals surface area (Å²) in [6.07, 6.45) is 3.02. The molecule has 5 heteroatoms. The Hall–Kier alpha value is -2.01. The smallest absolute Gasteiger partial charge is 0.178 e. The van der Waals surface area contributed by atoms with E-state index in [9.17, 15) is 4.79 Å². The van der Waals surface area contributed by atoms with Crippen LogP contribution >= 0.6 is 0 Å². The van der Waals surface area contributed by atoms with E-state index < -0.39 is 0 Å². The lowest BCUT2D eigenvalue weighted by atomic mass is 10.1. The molecule has 1 N–H and O–H groups in total. The van der Waals surface area contributed by atoms with E-state index >= 15 is 0 Å². The average Bonchev–Trinajstić information content (AvgIpc) is 2.83. The molecular weight excluding hydrogens is 204 g/mol. The van der Waals surface area contributed by atoms with E-state index in [4.69, 9.17) is 0 Å². The van der Waals surface area contributed by atoms with E-state index in [2.05, 4.69) is 15.4 Å². The number of likely N-dealkylation sites (N-methyl/N-ethyl adjacent to an activating group) is 1. The Balaban J connectivity index is 2.42. The lowest BCUT2D eigenvalue weighted by molar-refractivity contribution is 0.0993. The highest BCUT2D eigenvalue weighted by Gasteiger charge is 2.11. The normalized spacial score (nSPS) is 10.3. The third kappa shape index (κ3) is 1.99. The number of carbonyl (C=O) groups is 1. The second-order valence-corrected chi connectivity index (χ2v) is 3.31. The predicted octanol–water partition coefficient (Wildman–Crippen LogP) is 0.669. The molecule has 2 aromatic rings. The summed E-state index contributed by atoms with van der Waals surface area (Å²) in [6, 6.07) is 7.34. The number of carbonyl (C=O) groups excluding carboxylic acids is 1. The van der Waals surface area contributed by atoms with Gasteiger partial charge in [-0.15, -0.1) is 0 Å². The van der Waals surface area contributed by atoms with Crippen LogP contribution in [0.5, 0.6) is 0 Å². The van der Waals surface area contributed by atoms with E-state index in [1.54, 1.807) is 24.1 Å². The molecule has 0 aliphatic heterocycles. The third-order valence-corrected chi connectivity index (χ3v) is 2.21. The largest absolute Gasteiger partial charge is 0.313 e. The first-order valence-corrected chi connectivity index (χ1v) is 4.94. The van der Waals surface area contributed by atoms with Crippen LogP contribution in [0.4, 0.5) is 0 Å². The van der Waals surface area contributed by atoms with Crippen LogP contribution in [0.2, 0.25) is 0 Å². The number of hydrogen-bond acceptors (Lipinski definition) is 4. The number of aromatic nitrogens is 3. The minimum atomic E-state index is 0.0357. The van der Waals surface area contributed by atoms with Gasteiger partial charge in [-0.3, -0.25) is 4.79 Å². The molecular formula is C11H12N4O. The summed E-state index contributed by atoms with van der Waals surface area (Å²) in [5, 5.41) is 6.87. The van der Waals surface area contributed by atoms with Crippen LogP contribution in [-0.2, 0) is 0 Å². The van der Waals surface area contributed by atoms with Gasteiger partial charge in [0.15, 0.2) is 5.78 Å². The molecule has 1 aromatic heterocycles. The molecule has 0 saturated heterocycles. The molecule has 0 aliphatic rings. The third-order valence-electron chi connectivity index (χ3n) is 2.21. The van der Waals surface area contributed by atoms with Crippen molar-refractivity contribution in [2.45, 2.75) is 0 Å². The fourth-order valence-corrected chi connectivity index (χ4v) is 1.50. The molecule has 1 aromatic carbocycles. The van der Waals surface area contributed by atoms with Crippen molar-refractivity contribution in [3.05, 3.63) is 42.5 Å². The summed E-state index contributed by atoms with van der Waals surface area (Å²) >= 11 is 0. The molecule has 2 rings (SSSR count). The van der Waals surface area contributed by atoms with Crippen molar-refractivity contribution in [2.24, 2.45) is 0 Å². The Morgan fingerprint density at radius 1 is 1.44 bits per heavy atom. The first kappa shape index (κ1) is 10.5. The molecule has 16 heavy (non-hydrogen) atoms. The van der Waals surface area contributed by atoms with Gasteiger partial charge in [0.1, 0.15) is 12.7 Å². The molecule has 0 saturated carbocycles. The number of nitrogens with zero attached hydrogens (tertiary/aromatic N) is 3. The molecule has 5 nitrogen and oxygen atoms in total.